The molecule has 2 heterocycles. The van der Waals surface area contributed by atoms with Gasteiger partial charge in [-0.1, -0.05) is 23.2 Å². The van der Waals surface area contributed by atoms with Gasteiger partial charge >= 0.3 is 11.9 Å². The van der Waals surface area contributed by atoms with Crippen LogP contribution < -0.4 is 15.4 Å². The number of ether oxygens (including phenoxy) is 2. The highest BCUT2D eigenvalue weighted by molar-refractivity contribution is 6.42. The number of carboxylic acid groups (broad SMARTS) is 2. The van der Waals surface area contributed by atoms with Crippen molar-refractivity contribution in [2.24, 2.45) is 5.92 Å². The Morgan fingerprint density at radius 1 is 1.26 bits per heavy atom. The number of carboxylic acids is 2. The first-order valence-corrected chi connectivity index (χ1v) is 10.4. The lowest BCUT2D eigenvalue weighted by atomic mass is 9.96. The number of hydrogen-bond acceptors (Lipinski definition) is 6. The van der Waals surface area contributed by atoms with Crippen molar-refractivity contribution in [1.29, 1.82) is 0 Å². The van der Waals surface area contributed by atoms with Gasteiger partial charge in [0.15, 0.2) is 5.76 Å². The molecule has 2 aliphatic rings. The van der Waals surface area contributed by atoms with E-state index in [4.69, 9.17) is 32.7 Å². The number of nitrogens with one attached hydrogen (secondary N) is 2. The van der Waals surface area contributed by atoms with Gasteiger partial charge in [-0.15, -0.1) is 0 Å². The largest absolute Gasteiger partial charge is 0.491 e. The van der Waals surface area contributed by atoms with E-state index in [1.54, 1.807) is 12.2 Å². The lowest BCUT2D eigenvalue weighted by molar-refractivity contribution is -0.137. The molecule has 10 heteroatoms. The molecule has 4 N–H and O–H groups in total. The van der Waals surface area contributed by atoms with Crippen LogP contribution in [0.1, 0.15) is 12.8 Å². The van der Waals surface area contributed by atoms with Gasteiger partial charge in [0.2, 0.25) is 0 Å². The molecule has 1 saturated heterocycles. The SMILES string of the molecule is O=C(O)/C=C(/C(=O)O)[C@@]1(Oc2ccc(Cl)c(Cl)c2)NC=CC=C1OCC1CCCNC1. The lowest BCUT2D eigenvalue weighted by Crippen LogP contribution is -2.55. The number of dihydropyridines is 1. The van der Waals surface area contributed by atoms with Crippen molar-refractivity contribution in [2.75, 3.05) is 19.7 Å². The van der Waals surface area contributed by atoms with Gasteiger partial charge in [0, 0.05) is 30.8 Å². The molecule has 0 bridgehead atoms. The number of allylic oxidation sites excluding steroid dienone is 2. The summed E-state index contributed by atoms with van der Waals surface area (Å²) < 4.78 is 12.0. The molecule has 1 aromatic rings. The molecule has 166 valence electrons. The third-order valence-electron chi connectivity index (χ3n) is 4.89. The summed E-state index contributed by atoms with van der Waals surface area (Å²) in [5, 5.41) is 25.7. The average Bonchev–Trinajstić information content (AvgIpc) is 2.74. The van der Waals surface area contributed by atoms with Gasteiger partial charge in [-0.3, -0.25) is 0 Å². The topological polar surface area (TPSA) is 117 Å². The Morgan fingerprint density at radius 3 is 2.71 bits per heavy atom. The second-order valence-corrected chi connectivity index (χ2v) is 7.93. The number of aliphatic carboxylic acids is 2. The molecular formula is C21H22Cl2N2O6. The molecule has 0 spiro atoms. The van der Waals surface area contributed by atoms with E-state index < -0.39 is 23.2 Å². The first-order valence-electron chi connectivity index (χ1n) is 9.63. The molecule has 2 atom stereocenters. The molecule has 0 radical (unpaired) electrons. The van der Waals surface area contributed by atoms with Gasteiger partial charge < -0.3 is 30.3 Å². The molecule has 31 heavy (non-hydrogen) atoms. The van der Waals surface area contributed by atoms with Crippen LogP contribution in [-0.4, -0.2) is 47.6 Å². The zero-order valence-electron chi connectivity index (χ0n) is 16.4. The maximum Gasteiger partial charge on any atom is 0.338 e. The first-order chi connectivity index (χ1) is 14.8. The minimum absolute atomic E-state index is 0.113. The maximum absolute atomic E-state index is 12.1. The van der Waals surface area contributed by atoms with Crippen molar-refractivity contribution in [3.63, 3.8) is 0 Å². The van der Waals surface area contributed by atoms with Crippen molar-refractivity contribution in [3.05, 3.63) is 64.0 Å². The van der Waals surface area contributed by atoms with Crippen LogP contribution in [0.5, 0.6) is 5.75 Å². The Labute approximate surface area is 189 Å². The summed E-state index contributed by atoms with van der Waals surface area (Å²) in [6.45, 7) is 2.02. The summed E-state index contributed by atoms with van der Waals surface area (Å²) in [6, 6.07) is 4.40. The van der Waals surface area contributed by atoms with Gasteiger partial charge in [0.05, 0.1) is 16.7 Å². The fourth-order valence-corrected chi connectivity index (χ4v) is 3.70. The first kappa shape index (κ1) is 23.0. The summed E-state index contributed by atoms with van der Waals surface area (Å²) in [6.07, 6.45) is 7.15. The fraction of sp³-hybridized carbons (Fsp3) is 0.333. The highest BCUT2D eigenvalue weighted by Gasteiger charge is 2.47. The van der Waals surface area contributed by atoms with E-state index in [0.29, 0.717) is 12.7 Å². The van der Waals surface area contributed by atoms with Crippen LogP contribution in [0.4, 0.5) is 0 Å². The van der Waals surface area contributed by atoms with E-state index in [1.807, 2.05) is 0 Å². The van der Waals surface area contributed by atoms with Gasteiger partial charge in [-0.05, 0) is 43.7 Å². The third-order valence-corrected chi connectivity index (χ3v) is 5.63. The quantitative estimate of drug-likeness (QED) is 0.429. The third kappa shape index (κ3) is 5.52. The Morgan fingerprint density at radius 2 is 2.06 bits per heavy atom. The van der Waals surface area contributed by atoms with Crippen LogP contribution in [0.25, 0.3) is 0 Å². The predicted molar refractivity (Wildman–Crippen MR) is 115 cm³/mol. The molecule has 0 aromatic heterocycles. The Hall–Kier alpha value is -2.68. The summed E-state index contributed by atoms with van der Waals surface area (Å²) in [5.41, 5.74) is -2.50. The van der Waals surface area contributed by atoms with E-state index in [9.17, 15) is 19.8 Å². The monoisotopic (exact) mass is 468 g/mol. The fourth-order valence-electron chi connectivity index (χ4n) is 3.41. The molecule has 3 rings (SSSR count). The molecule has 1 aromatic carbocycles. The van der Waals surface area contributed by atoms with Gasteiger partial charge in [0.25, 0.3) is 5.72 Å². The number of rotatable bonds is 8. The molecule has 0 amide bonds. The Balaban J connectivity index is 2.00. The number of benzene rings is 1. The van der Waals surface area contributed by atoms with E-state index in [2.05, 4.69) is 10.6 Å². The highest BCUT2D eigenvalue weighted by atomic mass is 35.5. The molecule has 2 aliphatic heterocycles. The minimum atomic E-state index is -1.93. The Bertz CT molecular complexity index is 940. The summed E-state index contributed by atoms with van der Waals surface area (Å²) in [5.74, 6) is -2.43. The Kier molecular flexibility index (Phi) is 7.48. The summed E-state index contributed by atoms with van der Waals surface area (Å²) >= 11 is 12.0. The van der Waals surface area contributed by atoms with Crippen molar-refractivity contribution in [2.45, 2.75) is 18.6 Å². The average molecular weight is 469 g/mol. The van der Waals surface area contributed by atoms with E-state index in [0.717, 1.165) is 25.9 Å². The van der Waals surface area contributed by atoms with Crippen molar-refractivity contribution < 1.29 is 29.3 Å². The van der Waals surface area contributed by atoms with E-state index in [-0.39, 0.29) is 27.5 Å². The number of halogens is 2. The lowest BCUT2D eigenvalue weighted by Gasteiger charge is -2.38. The summed E-state index contributed by atoms with van der Waals surface area (Å²) in [4.78, 5) is 23.5. The standard InChI is InChI=1S/C21H22Cl2N2O6/c22-16-6-5-14(9-17(16)23)31-21(15(20(28)29)10-19(26)27)18(4-2-8-25-21)30-12-13-3-1-7-24-11-13/h2,4-6,8-10,13,24-25H,1,3,7,11-12H2,(H,26,27)(H,28,29)/b15-10-/t13?,21-/m0/s1. The van der Waals surface area contributed by atoms with Crippen LogP contribution in [0.15, 0.2) is 54.0 Å². The van der Waals surface area contributed by atoms with Crippen LogP contribution in [0.3, 0.4) is 0 Å². The smallest absolute Gasteiger partial charge is 0.338 e. The number of hydrogen-bond donors (Lipinski definition) is 4. The van der Waals surface area contributed by atoms with Crippen molar-refractivity contribution in [1.82, 2.24) is 10.6 Å². The van der Waals surface area contributed by atoms with Gasteiger partial charge in [0.1, 0.15) is 11.3 Å². The zero-order chi connectivity index (χ0) is 22.4. The highest BCUT2D eigenvalue weighted by Crippen LogP contribution is 2.36. The molecule has 0 aliphatic carbocycles. The number of piperidine rings is 1. The molecule has 8 nitrogen and oxygen atoms in total. The van der Waals surface area contributed by atoms with Crippen LogP contribution >= 0.6 is 23.2 Å². The second kappa shape index (κ2) is 10.1. The number of carbonyl (C=O) groups is 2. The molecule has 0 saturated carbocycles. The normalized spacial score (nSPS) is 23.5. The zero-order valence-corrected chi connectivity index (χ0v) is 17.9. The summed E-state index contributed by atoms with van der Waals surface area (Å²) in [7, 11) is 0. The van der Waals surface area contributed by atoms with Crippen LogP contribution in [-0.2, 0) is 14.3 Å². The van der Waals surface area contributed by atoms with Crippen molar-refractivity contribution in [3.8, 4) is 5.75 Å². The maximum atomic E-state index is 12.1. The van der Waals surface area contributed by atoms with E-state index >= 15 is 0 Å². The molecule has 1 unspecified atom stereocenters. The molecular weight excluding hydrogens is 447 g/mol. The van der Waals surface area contributed by atoms with Crippen molar-refractivity contribution >= 4 is 35.1 Å². The van der Waals surface area contributed by atoms with Crippen LogP contribution in [0.2, 0.25) is 10.0 Å². The predicted octanol–water partition coefficient (Wildman–Crippen LogP) is 3.18. The molecule has 1 fully saturated rings. The second-order valence-electron chi connectivity index (χ2n) is 7.12. The van der Waals surface area contributed by atoms with E-state index in [1.165, 1.54) is 24.4 Å². The van der Waals surface area contributed by atoms with Gasteiger partial charge in [-0.2, -0.15) is 0 Å². The minimum Gasteiger partial charge on any atom is -0.491 e. The van der Waals surface area contributed by atoms with Gasteiger partial charge in [-0.25, -0.2) is 9.59 Å². The van der Waals surface area contributed by atoms with Crippen LogP contribution in [0, 0.1) is 5.92 Å².